The number of morpholine rings is 1. The molecule has 4 aromatic rings. The van der Waals surface area contributed by atoms with Gasteiger partial charge in [-0.1, -0.05) is 19.1 Å². The number of rotatable bonds is 6. The van der Waals surface area contributed by atoms with Crippen LogP contribution in [0.1, 0.15) is 31.7 Å². The summed E-state index contributed by atoms with van der Waals surface area (Å²) in [6.45, 7) is 5.67. The summed E-state index contributed by atoms with van der Waals surface area (Å²) in [5.74, 6) is -0.469. The van der Waals surface area contributed by atoms with Gasteiger partial charge in [0.15, 0.2) is 5.82 Å². The Morgan fingerprint density at radius 3 is 2.69 bits per heavy atom. The molecule has 2 bridgehead atoms. The smallest absolute Gasteiger partial charge is 0.319 e. The lowest BCUT2D eigenvalue weighted by Gasteiger charge is -2.43. The number of hydrogen-bond donors (Lipinski definition) is 2. The number of fused-ring (bicyclic) bond motifs is 5. The molecule has 4 fully saturated rings. The van der Waals surface area contributed by atoms with E-state index in [4.69, 9.17) is 14.5 Å². The first kappa shape index (κ1) is 28.8. The molecule has 45 heavy (non-hydrogen) atoms. The number of nitrogens with zero attached hydrogens (tertiary/aromatic N) is 4. The summed E-state index contributed by atoms with van der Waals surface area (Å²) in [4.78, 5) is 13.8. The lowest BCUT2D eigenvalue weighted by Crippen LogP contribution is -2.63. The van der Waals surface area contributed by atoms with E-state index >= 15 is 4.39 Å². The normalized spacial score (nSPS) is 26.6. The van der Waals surface area contributed by atoms with E-state index in [-0.39, 0.29) is 47.3 Å². The first-order chi connectivity index (χ1) is 21.8. The summed E-state index contributed by atoms with van der Waals surface area (Å²) >= 11 is 0. The van der Waals surface area contributed by atoms with Crippen molar-refractivity contribution >= 4 is 27.5 Å². The van der Waals surface area contributed by atoms with Gasteiger partial charge in [0.1, 0.15) is 35.7 Å². The molecule has 4 aliphatic rings. The summed E-state index contributed by atoms with van der Waals surface area (Å²) in [6.07, 6.45) is 1.69. The Kier molecular flexibility index (Phi) is 7.03. The minimum Gasteiger partial charge on any atom is -0.508 e. The molecular weight excluding hydrogens is 583 g/mol. The molecule has 1 aromatic heterocycles. The molecule has 2 unspecified atom stereocenters. The molecule has 3 aromatic carbocycles. The monoisotopic (exact) mass is 619 g/mol. The zero-order valence-corrected chi connectivity index (χ0v) is 25.2. The standard InChI is InChI=1S/C34H36F3N5O3/c1-2-24-28(36)7-4-19-10-23(43)11-27(29(19)24)25-5-6-26-31(30(25)37)39-33(45-18-34-8-3-9-42(34)13-20(35)12-34)40-32(26)41-14-21-16-44-17-22(15-41)38-21/h4-7,10-11,20-22,38,43H,2-3,8-9,12-18H2,1H3/t20-,21?,22?,34+/m1/s1. The molecule has 236 valence electrons. The fraction of sp³-hybridized carbons (Fsp3) is 0.471. The quantitative estimate of drug-likeness (QED) is 0.308. The number of phenols is 1. The highest BCUT2D eigenvalue weighted by atomic mass is 19.1. The van der Waals surface area contributed by atoms with Gasteiger partial charge >= 0.3 is 6.01 Å². The van der Waals surface area contributed by atoms with E-state index in [1.807, 2.05) is 6.92 Å². The summed E-state index contributed by atoms with van der Waals surface area (Å²) in [5, 5.41) is 15.9. The number of aromatic hydroxyl groups is 1. The van der Waals surface area contributed by atoms with Crippen LogP contribution in [0.3, 0.4) is 0 Å². The molecule has 4 saturated heterocycles. The third kappa shape index (κ3) is 4.87. The Hall–Kier alpha value is -3.67. The van der Waals surface area contributed by atoms with Crippen molar-refractivity contribution in [1.29, 1.82) is 0 Å². The van der Waals surface area contributed by atoms with Crippen LogP contribution in [0.15, 0.2) is 36.4 Å². The van der Waals surface area contributed by atoms with E-state index in [0.29, 0.717) is 78.8 Å². The van der Waals surface area contributed by atoms with Crippen molar-refractivity contribution in [2.75, 3.05) is 50.9 Å². The SMILES string of the molecule is CCc1c(F)ccc2cc(O)cc(-c3ccc4c(N5CC6COCC(C5)N6)nc(OC[C@@]56CCCN5C[C@H](F)C6)nc4c3F)c12. The molecule has 0 amide bonds. The number of anilines is 1. The van der Waals surface area contributed by atoms with Gasteiger partial charge in [0, 0.05) is 49.1 Å². The van der Waals surface area contributed by atoms with Gasteiger partial charge in [0.05, 0.1) is 18.8 Å². The summed E-state index contributed by atoms with van der Waals surface area (Å²) in [5.41, 5.74) is 0.697. The molecule has 4 atom stereocenters. The van der Waals surface area contributed by atoms with Crippen LogP contribution < -0.4 is 15.0 Å². The average molecular weight is 620 g/mol. The zero-order valence-electron chi connectivity index (χ0n) is 25.2. The highest BCUT2D eigenvalue weighted by Crippen LogP contribution is 2.42. The van der Waals surface area contributed by atoms with Crippen molar-refractivity contribution in [3.63, 3.8) is 0 Å². The Bertz CT molecular complexity index is 1800. The summed E-state index contributed by atoms with van der Waals surface area (Å²) in [6, 6.07) is 9.70. The highest BCUT2D eigenvalue weighted by Gasteiger charge is 2.49. The van der Waals surface area contributed by atoms with Crippen molar-refractivity contribution in [3.8, 4) is 22.9 Å². The maximum Gasteiger partial charge on any atom is 0.319 e. The zero-order chi connectivity index (χ0) is 30.9. The largest absolute Gasteiger partial charge is 0.508 e. The van der Waals surface area contributed by atoms with Gasteiger partial charge in [0.2, 0.25) is 0 Å². The fourth-order valence-corrected chi connectivity index (χ4v) is 8.12. The van der Waals surface area contributed by atoms with Crippen LogP contribution in [0.25, 0.3) is 32.8 Å². The van der Waals surface area contributed by atoms with E-state index in [2.05, 4.69) is 20.1 Å². The topological polar surface area (TPSA) is 83.0 Å². The van der Waals surface area contributed by atoms with Gasteiger partial charge < -0.3 is 24.8 Å². The molecule has 4 aliphatic heterocycles. The Morgan fingerprint density at radius 1 is 1.07 bits per heavy atom. The van der Waals surface area contributed by atoms with Crippen LogP contribution in [0.5, 0.6) is 11.8 Å². The van der Waals surface area contributed by atoms with Crippen molar-refractivity contribution in [3.05, 3.63) is 53.6 Å². The minimum atomic E-state index is -0.903. The minimum absolute atomic E-state index is 0.0399. The van der Waals surface area contributed by atoms with Gasteiger partial charge in [-0.15, -0.1) is 0 Å². The van der Waals surface area contributed by atoms with Crippen molar-refractivity contribution in [1.82, 2.24) is 20.2 Å². The maximum absolute atomic E-state index is 16.9. The number of hydrogen-bond acceptors (Lipinski definition) is 8. The average Bonchev–Trinajstić information content (AvgIpc) is 3.55. The van der Waals surface area contributed by atoms with E-state index in [1.165, 1.54) is 12.1 Å². The lowest BCUT2D eigenvalue weighted by molar-refractivity contribution is 0.0374. The van der Waals surface area contributed by atoms with E-state index in [0.717, 1.165) is 19.4 Å². The van der Waals surface area contributed by atoms with E-state index in [9.17, 15) is 13.9 Å². The number of aryl methyl sites for hydroxylation is 1. The first-order valence-electron chi connectivity index (χ1n) is 15.9. The molecule has 0 aliphatic carbocycles. The molecular formula is C34H36F3N5O3. The second kappa shape index (κ2) is 11.0. The molecule has 0 saturated carbocycles. The van der Waals surface area contributed by atoms with Crippen LogP contribution >= 0.6 is 0 Å². The number of alkyl halides is 1. The van der Waals surface area contributed by atoms with E-state index in [1.54, 1.807) is 24.3 Å². The van der Waals surface area contributed by atoms with Crippen molar-refractivity contribution in [2.45, 2.75) is 56.4 Å². The summed E-state index contributed by atoms with van der Waals surface area (Å²) in [7, 11) is 0. The molecule has 5 heterocycles. The van der Waals surface area contributed by atoms with E-state index < -0.39 is 17.5 Å². The van der Waals surface area contributed by atoms with Gasteiger partial charge in [-0.3, -0.25) is 4.90 Å². The van der Waals surface area contributed by atoms with Gasteiger partial charge in [-0.05, 0) is 72.0 Å². The molecule has 11 heteroatoms. The predicted molar refractivity (Wildman–Crippen MR) is 166 cm³/mol. The van der Waals surface area contributed by atoms with Gasteiger partial charge in [-0.2, -0.15) is 9.97 Å². The molecule has 0 radical (unpaired) electrons. The van der Waals surface area contributed by atoms with Crippen LogP contribution in [-0.2, 0) is 11.2 Å². The number of halogens is 3. The lowest BCUT2D eigenvalue weighted by atomic mass is 9.92. The Labute approximate surface area is 259 Å². The number of ether oxygens (including phenoxy) is 2. The first-order valence-corrected chi connectivity index (χ1v) is 15.9. The number of phenolic OH excluding ortho intramolecular Hbond substituents is 1. The molecule has 8 nitrogen and oxygen atoms in total. The number of benzene rings is 3. The van der Waals surface area contributed by atoms with Crippen molar-refractivity contribution < 1.29 is 27.8 Å². The Balaban J connectivity index is 1.27. The molecule has 2 N–H and O–H groups in total. The second-order valence-electron chi connectivity index (χ2n) is 13.0. The number of nitrogens with one attached hydrogen (secondary N) is 1. The highest BCUT2D eigenvalue weighted by molar-refractivity contribution is 6.03. The van der Waals surface area contributed by atoms with Crippen LogP contribution in [-0.4, -0.2) is 89.8 Å². The maximum atomic E-state index is 16.9. The molecule has 0 spiro atoms. The predicted octanol–water partition coefficient (Wildman–Crippen LogP) is 5.13. The second-order valence-corrected chi connectivity index (χ2v) is 13.0. The number of piperazine rings is 1. The van der Waals surface area contributed by atoms with Gasteiger partial charge in [0.25, 0.3) is 0 Å². The fourth-order valence-electron chi connectivity index (χ4n) is 8.12. The third-order valence-corrected chi connectivity index (χ3v) is 10.1. The summed E-state index contributed by atoms with van der Waals surface area (Å²) < 4.78 is 58.3. The Morgan fingerprint density at radius 2 is 1.89 bits per heavy atom. The van der Waals surface area contributed by atoms with Gasteiger partial charge in [-0.25, -0.2) is 13.2 Å². The molecule has 8 rings (SSSR count). The third-order valence-electron chi connectivity index (χ3n) is 10.1. The van der Waals surface area contributed by atoms with Crippen LogP contribution in [0.2, 0.25) is 0 Å². The van der Waals surface area contributed by atoms with Crippen molar-refractivity contribution in [2.24, 2.45) is 0 Å². The van der Waals surface area contributed by atoms with Crippen LogP contribution in [0.4, 0.5) is 19.0 Å². The number of aromatic nitrogens is 2. The van der Waals surface area contributed by atoms with Crippen LogP contribution in [0, 0.1) is 11.6 Å².